The average molecular weight is 1030 g/mol. The van der Waals surface area contributed by atoms with E-state index in [9.17, 15) is 52.7 Å². The highest BCUT2D eigenvalue weighted by atomic mass is 32.2. The molecule has 0 rings (SSSR count). The van der Waals surface area contributed by atoms with Crippen LogP contribution in [0.4, 0.5) is 0 Å². The fourth-order valence-electron chi connectivity index (χ4n) is 6.32. The third-order valence-electron chi connectivity index (χ3n) is 10.1. The number of nitrogens with zero attached hydrogens (tertiary/aromatic N) is 2. The predicted octanol–water partition coefficient (Wildman–Crippen LogP) is -5.87. The summed E-state index contributed by atoms with van der Waals surface area (Å²) < 4.78 is 0. The van der Waals surface area contributed by atoms with Crippen LogP contribution in [0.3, 0.4) is 0 Å². The van der Waals surface area contributed by atoms with Crippen LogP contribution in [0.25, 0.3) is 0 Å². The van der Waals surface area contributed by atoms with E-state index in [1.165, 1.54) is 18.8 Å². The highest BCUT2D eigenvalue weighted by molar-refractivity contribution is 7.98. The Morgan fingerprint density at radius 3 is 1.18 bits per heavy atom. The zero-order valence-electron chi connectivity index (χ0n) is 40.3. The minimum absolute atomic E-state index is 0.00899. The predicted molar refractivity (Wildman–Crippen MR) is 261 cm³/mol. The van der Waals surface area contributed by atoms with Crippen molar-refractivity contribution in [2.75, 3.05) is 45.2 Å². The van der Waals surface area contributed by atoms with E-state index in [-0.39, 0.29) is 134 Å². The van der Waals surface area contributed by atoms with E-state index < -0.39 is 108 Å². The number of carboxylic acids is 2. The number of nitrogens with one attached hydrogen (secondary N) is 8. The number of carboxylic acid groups (broad SMARTS) is 2. The first-order valence-corrected chi connectivity index (χ1v) is 24.2. The summed E-state index contributed by atoms with van der Waals surface area (Å²) in [5.41, 5.74) is 32.5. The molecular formula is C41H74N16O13S. The number of amides is 9. The first kappa shape index (κ1) is 64.0. The summed E-state index contributed by atoms with van der Waals surface area (Å²) >= 11 is 1.30. The molecule has 6 atom stereocenters. The van der Waals surface area contributed by atoms with Crippen LogP contribution >= 0.6 is 11.8 Å². The molecule has 0 aliphatic carbocycles. The molecule has 0 bridgehead atoms. The zero-order valence-corrected chi connectivity index (χ0v) is 41.1. The van der Waals surface area contributed by atoms with Gasteiger partial charge in [0.05, 0.1) is 6.04 Å². The number of aliphatic carboxylic acids is 2. The van der Waals surface area contributed by atoms with E-state index in [2.05, 4.69) is 52.5 Å². The first-order chi connectivity index (χ1) is 33.5. The topological polar surface area (TPSA) is 505 Å². The third-order valence-corrected chi connectivity index (χ3v) is 10.8. The van der Waals surface area contributed by atoms with Crippen LogP contribution in [-0.4, -0.2) is 169 Å². The monoisotopic (exact) mass is 1030 g/mol. The summed E-state index contributed by atoms with van der Waals surface area (Å²) in [6.07, 6.45) is 0.215. The summed E-state index contributed by atoms with van der Waals surface area (Å²) in [4.78, 5) is 148. The molecule has 22 N–H and O–H groups in total. The van der Waals surface area contributed by atoms with Gasteiger partial charge in [0.1, 0.15) is 30.2 Å². The maximum Gasteiger partial charge on any atom is 0.303 e. The molecule has 0 heterocycles. The van der Waals surface area contributed by atoms with Gasteiger partial charge in [-0.05, 0) is 83.3 Å². The molecule has 402 valence electrons. The minimum atomic E-state index is -1.55. The van der Waals surface area contributed by atoms with Gasteiger partial charge in [-0.2, -0.15) is 11.8 Å². The van der Waals surface area contributed by atoms with E-state index >= 15 is 0 Å². The number of guanidine groups is 2. The van der Waals surface area contributed by atoms with Crippen molar-refractivity contribution in [1.82, 2.24) is 42.5 Å². The lowest BCUT2D eigenvalue weighted by Gasteiger charge is -2.27. The van der Waals surface area contributed by atoms with Gasteiger partial charge < -0.3 is 87.1 Å². The maximum absolute atomic E-state index is 14.1. The SMILES string of the molecule is CNC(CCC(=O)NCCCC(=O)O)C(=O)NC(CCC(=O)NCCCC(=O)O)C(=O)NC(CCSC)C(=O)NC(CCC(N)=O)C(=O)NC(CCCN=C(N)N)C(=O)NC(CCCN=C(N)N)C(N)=O. The van der Waals surface area contributed by atoms with E-state index in [0.29, 0.717) is 0 Å². The summed E-state index contributed by atoms with van der Waals surface area (Å²) in [7, 11) is 1.43. The highest BCUT2D eigenvalue weighted by Crippen LogP contribution is 2.10. The third kappa shape index (κ3) is 31.7. The van der Waals surface area contributed by atoms with Crippen molar-refractivity contribution >= 4 is 88.8 Å². The fraction of sp³-hybridized carbons (Fsp3) is 0.683. The smallest absolute Gasteiger partial charge is 0.303 e. The number of aliphatic imine (C=N–C) groups is 2. The van der Waals surface area contributed by atoms with Gasteiger partial charge in [-0.15, -0.1) is 0 Å². The highest BCUT2D eigenvalue weighted by Gasteiger charge is 2.33. The number of hydrogen-bond acceptors (Lipinski definition) is 15. The van der Waals surface area contributed by atoms with Gasteiger partial charge in [-0.1, -0.05) is 0 Å². The Morgan fingerprint density at radius 2 is 0.817 bits per heavy atom. The second-order valence-corrected chi connectivity index (χ2v) is 17.0. The molecule has 0 fully saturated rings. The standard InChI is InChI=1S/C41H74N16O13S/c1-48-24(12-15-30(59)49-18-5-9-32(61)62)35(66)55-27(13-16-31(60)50-19-6-10-33(63)64)38(69)57-28(17-22-71-2)39(70)56-26(11-14-29(42)58)37(68)54-25(8-4-21-52-41(46)47)36(67)53-23(34(43)65)7-3-20-51-40(44)45/h23-28,48H,3-22H2,1-2H3,(H2,42,58)(H2,43,65)(H,49,59)(H,50,60)(H,53,67)(H,54,68)(H,55,66)(H,56,70)(H,57,69)(H,61,62)(H,63,64)(H4,44,45,51)(H4,46,47,52). The summed E-state index contributed by atoms with van der Waals surface area (Å²) in [5, 5.41) is 38.3. The average Bonchev–Trinajstić information content (AvgIpc) is 3.29. The lowest BCUT2D eigenvalue weighted by atomic mass is 10.0. The van der Waals surface area contributed by atoms with Gasteiger partial charge in [0.2, 0.25) is 53.2 Å². The molecule has 9 amide bonds. The van der Waals surface area contributed by atoms with E-state index in [1.807, 2.05) is 0 Å². The molecule has 0 saturated carbocycles. The van der Waals surface area contributed by atoms with Gasteiger partial charge in [-0.25, -0.2) is 0 Å². The van der Waals surface area contributed by atoms with Gasteiger partial charge >= 0.3 is 11.9 Å². The second kappa shape index (κ2) is 36.9. The van der Waals surface area contributed by atoms with Crippen LogP contribution in [0.2, 0.25) is 0 Å². The lowest BCUT2D eigenvalue weighted by Crippen LogP contribution is -2.59. The van der Waals surface area contributed by atoms with Crippen LogP contribution < -0.4 is 76.9 Å². The zero-order chi connectivity index (χ0) is 53.9. The number of carbonyl (C=O) groups excluding carboxylic acids is 9. The van der Waals surface area contributed by atoms with Crippen LogP contribution in [0.15, 0.2) is 9.98 Å². The molecule has 0 aliphatic heterocycles. The molecule has 71 heavy (non-hydrogen) atoms. The number of rotatable bonds is 40. The normalized spacial score (nSPS) is 13.2. The summed E-state index contributed by atoms with van der Waals surface area (Å²) in [6.45, 7) is 0.243. The molecule has 0 aromatic carbocycles. The van der Waals surface area contributed by atoms with Crippen molar-refractivity contribution < 1.29 is 63.0 Å². The Balaban J connectivity index is 6.59. The fourth-order valence-corrected chi connectivity index (χ4v) is 6.79. The van der Waals surface area contributed by atoms with E-state index in [1.54, 1.807) is 6.26 Å². The molecule has 29 nitrogen and oxygen atoms in total. The van der Waals surface area contributed by atoms with Gasteiger partial charge in [0.25, 0.3) is 0 Å². The number of likely N-dealkylation sites (N-methyl/N-ethyl adjacent to an activating group) is 1. The van der Waals surface area contributed by atoms with Crippen LogP contribution in [-0.2, 0) is 52.7 Å². The molecule has 0 saturated heterocycles. The molecule has 6 unspecified atom stereocenters. The number of thioether (sulfide) groups is 1. The van der Waals surface area contributed by atoms with Crippen molar-refractivity contribution in [2.45, 2.75) is 133 Å². The molecular weight excluding hydrogens is 957 g/mol. The van der Waals surface area contributed by atoms with Crippen molar-refractivity contribution in [2.24, 2.45) is 44.4 Å². The van der Waals surface area contributed by atoms with Gasteiger partial charge in [0.15, 0.2) is 11.9 Å². The van der Waals surface area contributed by atoms with Gasteiger partial charge in [0, 0.05) is 58.3 Å². The van der Waals surface area contributed by atoms with Gasteiger partial charge in [-0.3, -0.25) is 62.7 Å². The number of primary amides is 2. The van der Waals surface area contributed by atoms with Crippen molar-refractivity contribution in [1.29, 1.82) is 0 Å². The van der Waals surface area contributed by atoms with Crippen LogP contribution in [0.1, 0.15) is 96.3 Å². The van der Waals surface area contributed by atoms with E-state index in [4.69, 9.17) is 44.6 Å². The quantitative estimate of drug-likeness (QED) is 0.0154. The first-order valence-electron chi connectivity index (χ1n) is 22.8. The van der Waals surface area contributed by atoms with Crippen LogP contribution in [0, 0.1) is 0 Å². The second-order valence-electron chi connectivity index (χ2n) is 16.0. The molecule has 0 aliphatic rings. The largest absolute Gasteiger partial charge is 0.481 e. The molecule has 0 aromatic rings. The van der Waals surface area contributed by atoms with Crippen molar-refractivity contribution in [3.8, 4) is 0 Å². The minimum Gasteiger partial charge on any atom is -0.481 e. The molecule has 0 radical (unpaired) electrons. The van der Waals surface area contributed by atoms with E-state index in [0.717, 1.165) is 0 Å². The van der Waals surface area contributed by atoms with Crippen molar-refractivity contribution in [3.05, 3.63) is 0 Å². The van der Waals surface area contributed by atoms with Crippen LogP contribution in [0.5, 0.6) is 0 Å². The Bertz CT molecular complexity index is 1850. The Kier molecular flexibility index (Phi) is 33.3. The summed E-state index contributed by atoms with van der Waals surface area (Å²) in [5.74, 6) is -9.47. The lowest BCUT2D eigenvalue weighted by molar-refractivity contribution is -0.138. The molecule has 0 aromatic heterocycles. The number of hydrogen-bond donors (Lipinski definition) is 16. The maximum atomic E-state index is 14.1. The van der Waals surface area contributed by atoms with Crippen molar-refractivity contribution in [3.63, 3.8) is 0 Å². The number of carbonyl (C=O) groups is 11. The Morgan fingerprint density at radius 1 is 0.465 bits per heavy atom. The Hall–Kier alpha value is -6.98. The molecule has 0 spiro atoms. The molecule has 30 heteroatoms. The Labute approximate surface area is 415 Å². The number of nitrogens with two attached hydrogens (primary N) is 6. The summed E-state index contributed by atoms with van der Waals surface area (Å²) in [6, 6.07) is -8.06.